The molecule has 4 aromatic heterocycles. The van der Waals surface area contributed by atoms with Gasteiger partial charge >= 0.3 is 0 Å². The van der Waals surface area contributed by atoms with Crippen molar-refractivity contribution in [1.29, 1.82) is 0 Å². The van der Waals surface area contributed by atoms with Gasteiger partial charge in [0, 0.05) is 128 Å². The number of hydrogen-bond acceptors (Lipinski definition) is 12. The predicted molar refractivity (Wildman–Crippen MR) is 399 cm³/mol. The summed E-state index contributed by atoms with van der Waals surface area (Å²) in [5.74, 6) is 4.81. The fraction of sp³-hybridized carbons (Fsp3) is 0.153. The fourth-order valence-corrected chi connectivity index (χ4v) is 12.4. The quantitative estimate of drug-likeness (QED) is 0.109. The fourth-order valence-electron chi connectivity index (χ4n) is 12.4. The first-order valence-corrected chi connectivity index (χ1v) is 33.2. The summed E-state index contributed by atoms with van der Waals surface area (Å²) in [5.41, 5.74) is 18.3. The Morgan fingerprint density at radius 2 is 0.634 bits per heavy atom. The van der Waals surface area contributed by atoms with Gasteiger partial charge in [0.25, 0.3) is 0 Å². The molecule has 522 valence electrons. The van der Waals surface area contributed by atoms with Crippen LogP contribution in [0.25, 0.3) is 0 Å². The Labute approximate surface area is 651 Å². The van der Waals surface area contributed by atoms with E-state index in [1.165, 1.54) is 27.9 Å². The van der Waals surface area contributed by atoms with Crippen LogP contribution in [-0.2, 0) is 98.7 Å². The molecule has 4 radical (unpaired) electrons. The summed E-state index contributed by atoms with van der Waals surface area (Å²) in [4.78, 5) is 36.0. The average molecular weight is 2040 g/mol. The molecule has 0 bridgehead atoms. The predicted octanol–water partition coefficient (Wildman–Crippen LogP) is 21.3. The summed E-state index contributed by atoms with van der Waals surface area (Å²) < 4.78 is 0. The largest absolute Gasteiger partial charge is 0.478 e. The third-order valence-corrected chi connectivity index (χ3v) is 17.0. The number of aromatic nitrogens is 4. The number of aryl methyl sites for hydroxylation is 1. The first kappa shape index (κ1) is 76.5. The second kappa shape index (κ2) is 35.3. The van der Waals surface area contributed by atoms with Crippen molar-refractivity contribution in [2.75, 3.05) is 39.2 Å². The second-order valence-electron chi connectivity index (χ2n) is 25.5. The normalized spacial score (nSPS) is 13.0. The molecule has 8 aromatic carbocycles. The Hall–Kier alpha value is -8.64. The third kappa shape index (κ3) is 17.0. The maximum absolute atomic E-state index is 4.70. The number of anilines is 16. The van der Waals surface area contributed by atoms with Gasteiger partial charge in [-0.25, -0.2) is 19.9 Å². The molecule has 16 rings (SSSR count). The average Bonchev–Trinajstić information content (AvgIpc) is 1.64. The molecule has 4 aliphatic heterocycles. The maximum atomic E-state index is 4.70. The molecule has 0 spiro atoms. The van der Waals surface area contributed by atoms with Gasteiger partial charge in [-0.15, -0.1) is 49.4 Å². The molecule has 0 saturated heterocycles. The van der Waals surface area contributed by atoms with Crippen LogP contribution in [0, 0.1) is 56.9 Å². The van der Waals surface area contributed by atoms with Crippen molar-refractivity contribution in [2.24, 2.45) is 5.92 Å². The van der Waals surface area contributed by atoms with Crippen LogP contribution in [-0.4, -0.2) is 19.9 Å². The molecule has 0 amide bonds. The summed E-state index contributed by atoms with van der Waals surface area (Å²) in [6.07, 6.45) is 9.58. The molecule has 16 heteroatoms. The molecule has 12 aromatic rings. The monoisotopic (exact) mass is 2040 g/mol. The summed E-state index contributed by atoms with van der Waals surface area (Å²) >= 11 is 0. The molecular weight excluding hydrogens is 1960 g/mol. The first-order valence-electron chi connectivity index (χ1n) is 33.2. The molecule has 0 atom stereocenters. The Balaban J connectivity index is 0.000000155. The maximum Gasteiger partial charge on any atom is 0.125 e. The number of rotatable bonds is 12. The summed E-state index contributed by atoms with van der Waals surface area (Å²) in [6.45, 7) is 26.2. The van der Waals surface area contributed by atoms with Crippen LogP contribution in [0.1, 0.15) is 83.6 Å². The number of pyridine rings is 4. The summed E-state index contributed by atoms with van der Waals surface area (Å²) in [6, 6.07) is 95.3. The second-order valence-corrected chi connectivity index (χ2v) is 25.5. The van der Waals surface area contributed by atoms with Gasteiger partial charge in [0.2, 0.25) is 0 Å². The molecule has 8 heterocycles. The van der Waals surface area contributed by atoms with Crippen molar-refractivity contribution in [1.82, 2.24) is 19.9 Å². The van der Waals surface area contributed by atoms with Crippen LogP contribution in [0.3, 0.4) is 0 Å². The Bertz CT molecular complexity index is 4530. The molecule has 4 aliphatic rings. The van der Waals surface area contributed by atoms with Crippen molar-refractivity contribution in [3.8, 4) is 0 Å². The molecule has 101 heavy (non-hydrogen) atoms. The zero-order chi connectivity index (χ0) is 66.8. The number of fused-ring (bicyclic) bond motifs is 4. The van der Waals surface area contributed by atoms with Gasteiger partial charge < -0.3 is 39.2 Å². The van der Waals surface area contributed by atoms with Gasteiger partial charge in [0.15, 0.2) is 0 Å². The Morgan fingerprint density at radius 1 is 0.337 bits per heavy atom. The Kier molecular flexibility index (Phi) is 26.8. The summed E-state index contributed by atoms with van der Waals surface area (Å²) in [5, 5.41) is 0. The zero-order valence-corrected chi connectivity index (χ0v) is 67.1. The van der Waals surface area contributed by atoms with Crippen LogP contribution in [0.4, 0.5) is 91.5 Å². The SMILES string of the molecule is CC(C)(C)c1ccnc2c1N(c1ccccc1)[CH-]N2c1[c-]cccc1.CC(C)Cc1ccnc2c1N(c1ccccc1)[CH-]N2c1[c-]cccc1.CC(C)c1ccnc2c1N(c1ccccc1)[CH-]N2c1[c-]cccc1.CCc1ccnc2c1N(c1ccccc1)[CH-]N2c1[c-]cccc1.[Ir].[Ir].[Ir].[Ir]. The van der Waals surface area contributed by atoms with Crippen LogP contribution in [0.15, 0.2) is 267 Å². The molecular formula is C85H78Ir4N12-8. The van der Waals surface area contributed by atoms with Crippen molar-refractivity contribution in [3.05, 3.63) is 341 Å². The minimum atomic E-state index is 0. The van der Waals surface area contributed by atoms with E-state index in [0.29, 0.717) is 11.8 Å². The van der Waals surface area contributed by atoms with E-state index in [1.807, 2.05) is 122 Å². The van der Waals surface area contributed by atoms with E-state index in [4.69, 9.17) is 9.97 Å². The standard InChI is InChI=1S/2C22H21N3.C21H19N3.C20H17N3.4Ir/c1-22(2,3)19-14-15-23-21-20(19)24(17-10-6-4-7-11-17)16-25(21)18-12-8-5-9-13-18;1-17(2)15-18-13-14-23-22-21(18)24(19-9-5-3-6-10-19)16-25(22)20-11-7-4-8-12-20;1-16(2)19-13-14-22-21-20(19)23(17-9-5-3-6-10-17)15-24(21)18-11-7-4-8-12-18;1-2-16-13-14-21-20-19(16)22(17-9-5-3-6-10-17)15-23(20)18-11-7-4-8-12-18;;;;/h4-12,14-16H,1-3H3;3-11,13-14,16-17H,15H2,1-2H3;3-11,13-16H,1-2H3;3-11,13-15H,2H2,1H3;;;;/q4*-2;;;;. The van der Waals surface area contributed by atoms with Crippen LogP contribution in [0.5, 0.6) is 0 Å². The van der Waals surface area contributed by atoms with Gasteiger partial charge in [-0.3, -0.25) is 0 Å². The minimum absolute atomic E-state index is 0. The van der Waals surface area contributed by atoms with Gasteiger partial charge in [-0.05, 0) is 125 Å². The third-order valence-electron chi connectivity index (χ3n) is 17.0. The topological polar surface area (TPSA) is 77.5 Å². The number of hydrogen-bond donors (Lipinski definition) is 0. The van der Waals surface area contributed by atoms with Crippen molar-refractivity contribution in [3.63, 3.8) is 0 Å². The van der Waals surface area contributed by atoms with E-state index in [2.05, 4.69) is 301 Å². The zero-order valence-electron chi connectivity index (χ0n) is 57.5. The van der Waals surface area contributed by atoms with Crippen molar-refractivity contribution >= 4 is 91.5 Å². The number of nitrogens with zero attached hydrogens (tertiary/aromatic N) is 12. The van der Waals surface area contributed by atoms with E-state index in [-0.39, 0.29) is 85.8 Å². The van der Waals surface area contributed by atoms with Gasteiger partial charge in [0.1, 0.15) is 23.3 Å². The molecule has 0 fully saturated rings. The van der Waals surface area contributed by atoms with E-state index in [0.717, 1.165) is 98.7 Å². The van der Waals surface area contributed by atoms with Crippen molar-refractivity contribution in [2.45, 2.75) is 79.6 Å². The van der Waals surface area contributed by atoms with Gasteiger partial charge in [-0.1, -0.05) is 128 Å². The number of benzene rings is 8. The Morgan fingerprint density at radius 3 is 0.960 bits per heavy atom. The van der Waals surface area contributed by atoms with E-state index in [9.17, 15) is 0 Å². The molecule has 0 N–H and O–H groups in total. The summed E-state index contributed by atoms with van der Waals surface area (Å²) in [7, 11) is 0. The van der Waals surface area contributed by atoms with E-state index >= 15 is 0 Å². The number of para-hydroxylation sites is 8. The van der Waals surface area contributed by atoms with Crippen molar-refractivity contribution < 1.29 is 80.4 Å². The van der Waals surface area contributed by atoms with Gasteiger partial charge in [0.05, 0.1) is 22.7 Å². The van der Waals surface area contributed by atoms with Gasteiger partial charge in [-0.2, -0.15) is 121 Å². The van der Waals surface area contributed by atoms with E-state index in [1.54, 1.807) is 0 Å². The molecule has 0 aliphatic carbocycles. The van der Waals surface area contributed by atoms with Crippen LogP contribution in [0.2, 0.25) is 0 Å². The van der Waals surface area contributed by atoms with Crippen LogP contribution < -0.4 is 39.2 Å². The smallest absolute Gasteiger partial charge is 0.125 e. The molecule has 12 nitrogen and oxygen atoms in total. The first-order chi connectivity index (χ1) is 47.4. The van der Waals surface area contributed by atoms with E-state index < -0.39 is 0 Å². The molecule has 0 saturated carbocycles. The van der Waals surface area contributed by atoms with Crippen LogP contribution >= 0.6 is 0 Å². The minimum Gasteiger partial charge on any atom is -0.478 e. The molecule has 0 unspecified atom stereocenters.